The third-order valence-corrected chi connectivity index (χ3v) is 1.94. The summed E-state index contributed by atoms with van der Waals surface area (Å²) in [5.41, 5.74) is 0.165. The quantitative estimate of drug-likeness (QED) is 0.711. The second-order valence-corrected chi connectivity index (χ2v) is 4.74. The van der Waals surface area contributed by atoms with Crippen LogP contribution in [0.3, 0.4) is 0 Å². The first kappa shape index (κ1) is 11.2. The summed E-state index contributed by atoms with van der Waals surface area (Å²) >= 11 is 5.88. The van der Waals surface area contributed by atoms with Crippen LogP contribution in [-0.4, -0.2) is 17.1 Å². The van der Waals surface area contributed by atoms with Crippen LogP contribution in [0.1, 0.15) is 26.6 Å². The van der Waals surface area contributed by atoms with E-state index < -0.39 is 0 Å². The molecule has 0 saturated heterocycles. The second-order valence-electron chi connectivity index (χ2n) is 4.38. The average Bonchev–Trinajstić information content (AvgIpc) is 2.01. The summed E-state index contributed by atoms with van der Waals surface area (Å²) in [4.78, 5) is 8.33. The van der Waals surface area contributed by atoms with Crippen LogP contribution in [0.5, 0.6) is 5.75 Å². The van der Waals surface area contributed by atoms with Gasteiger partial charge in [-0.3, -0.25) is 0 Å². The van der Waals surface area contributed by atoms with Gasteiger partial charge in [0.15, 0.2) is 10.9 Å². The molecule has 1 heterocycles. The molecular formula is C10H15ClN2O. The zero-order valence-corrected chi connectivity index (χ0v) is 9.72. The lowest BCUT2D eigenvalue weighted by molar-refractivity contribution is 0.392. The van der Waals surface area contributed by atoms with Gasteiger partial charge in [-0.1, -0.05) is 32.4 Å². The number of hydrogen-bond acceptors (Lipinski definition) is 3. The molecule has 0 amide bonds. The van der Waals surface area contributed by atoms with Gasteiger partial charge in [-0.2, -0.15) is 0 Å². The highest BCUT2D eigenvalue weighted by atomic mass is 35.5. The fraction of sp³-hybridized carbons (Fsp3) is 0.600. The van der Waals surface area contributed by atoms with Gasteiger partial charge in [-0.15, -0.1) is 0 Å². The number of halogens is 1. The van der Waals surface area contributed by atoms with Crippen molar-refractivity contribution in [1.82, 2.24) is 9.97 Å². The maximum Gasteiger partial charge on any atom is 0.174 e. The van der Waals surface area contributed by atoms with Crippen molar-refractivity contribution in [2.75, 3.05) is 7.11 Å². The van der Waals surface area contributed by atoms with Crippen molar-refractivity contribution >= 4 is 11.6 Å². The molecule has 0 fully saturated rings. The molecule has 0 atom stereocenters. The zero-order valence-electron chi connectivity index (χ0n) is 8.97. The molecule has 1 rings (SSSR count). The monoisotopic (exact) mass is 214 g/mol. The summed E-state index contributed by atoms with van der Waals surface area (Å²) in [5, 5.41) is 0.377. The van der Waals surface area contributed by atoms with E-state index in [1.54, 1.807) is 13.3 Å². The Bertz CT molecular complexity index is 320. The van der Waals surface area contributed by atoms with Gasteiger partial charge in [0, 0.05) is 6.42 Å². The van der Waals surface area contributed by atoms with Crippen molar-refractivity contribution in [3.8, 4) is 5.75 Å². The molecule has 0 radical (unpaired) electrons. The Morgan fingerprint density at radius 2 is 2.07 bits per heavy atom. The van der Waals surface area contributed by atoms with E-state index in [0.29, 0.717) is 10.9 Å². The molecule has 0 aliphatic rings. The molecule has 0 aliphatic heterocycles. The predicted molar refractivity (Wildman–Crippen MR) is 56.8 cm³/mol. The third kappa shape index (κ3) is 3.14. The van der Waals surface area contributed by atoms with Gasteiger partial charge in [-0.05, 0) is 5.41 Å². The van der Waals surface area contributed by atoms with E-state index in [0.717, 1.165) is 12.2 Å². The van der Waals surface area contributed by atoms with Crippen LogP contribution in [-0.2, 0) is 6.42 Å². The zero-order chi connectivity index (χ0) is 10.8. The molecule has 0 bridgehead atoms. The van der Waals surface area contributed by atoms with Gasteiger partial charge in [0.2, 0.25) is 0 Å². The van der Waals surface area contributed by atoms with E-state index in [2.05, 4.69) is 30.7 Å². The first-order valence-corrected chi connectivity index (χ1v) is 4.85. The molecule has 1 aromatic rings. The third-order valence-electron chi connectivity index (χ3n) is 1.67. The molecule has 3 nitrogen and oxygen atoms in total. The fourth-order valence-electron chi connectivity index (χ4n) is 1.08. The smallest absolute Gasteiger partial charge is 0.174 e. The van der Waals surface area contributed by atoms with Crippen molar-refractivity contribution < 1.29 is 4.74 Å². The lowest BCUT2D eigenvalue weighted by atomic mass is 9.92. The largest absolute Gasteiger partial charge is 0.492 e. The van der Waals surface area contributed by atoms with Crippen LogP contribution in [0.15, 0.2) is 6.20 Å². The minimum atomic E-state index is 0.165. The molecule has 0 aromatic carbocycles. The topological polar surface area (TPSA) is 35.0 Å². The highest BCUT2D eigenvalue weighted by molar-refractivity contribution is 6.30. The van der Waals surface area contributed by atoms with Gasteiger partial charge >= 0.3 is 0 Å². The first-order valence-electron chi connectivity index (χ1n) is 4.48. The van der Waals surface area contributed by atoms with Crippen LogP contribution in [0.2, 0.25) is 5.15 Å². The highest BCUT2D eigenvalue weighted by Gasteiger charge is 2.14. The normalized spacial score (nSPS) is 11.5. The van der Waals surface area contributed by atoms with Crippen molar-refractivity contribution in [3.63, 3.8) is 0 Å². The number of aromatic nitrogens is 2. The minimum absolute atomic E-state index is 0.165. The maximum atomic E-state index is 5.88. The van der Waals surface area contributed by atoms with Crippen LogP contribution in [0, 0.1) is 5.41 Å². The Hall–Kier alpha value is -0.830. The van der Waals surface area contributed by atoms with E-state index in [4.69, 9.17) is 16.3 Å². The molecule has 14 heavy (non-hydrogen) atoms. The Labute approximate surface area is 89.5 Å². The molecule has 1 aromatic heterocycles. The Morgan fingerprint density at radius 3 is 2.50 bits per heavy atom. The molecule has 4 heteroatoms. The average molecular weight is 215 g/mol. The maximum absolute atomic E-state index is 5.88. The predicted octanol–water partition coefficient (Wildman–Crippen LogP) is 2.73. The number of ether oxygens (including phenoxy) is 1. The van der Waals surface area contributed by atoms with Gasteiger partial charge < -0.3 is 4.74 Å². The molecule has 0 spiro atoms. The summed E-state index contributed by atoms with van der Waals surface area (Å²) < 4.78 is 4.97. The van der Waals surface area contributed by atoms with Crippen molar-refractivity contribution in [2.45, 2.75) is 27.2 Å². The molecule has 0 saturated carbocycles. The van der Waals surface area contributed by atoms with Crippen molar-refractivity contribution in [2.24, 2.45) is 5.41 Å². The van der Waals surface area contributed by atoms with E-state index in [-0.39, 0.29) is 5.41 Å². The van der Waals surface area contributed by atoms with Gasteiger partial charge in [-0.25, -0.2) is 9.97 Å². The van der Waals surface area contributed by atoms with Crippen LogP contribution < -0.4 is 4.74 Å². The minimum Gasteiger partial charge on any atom is -0.492 e. The Morgan fingerprint density at radius 1 is 1.43 bits per heavy atom. The number of methoxy groups -OCH3 is 1. The van der Waals surface area contributed by atoms with Crippen LogP contribution in [0.4, 0.5) is 0 Å². The van der Waals surface area contributed by atoms with Gasteiger partial charge in [0.25, 0.3) is 0 Å². The molecule has 0 N–H and O–H groups in total. The summed E-state index contributed by atoms with van der Waals surface area (Å²) in [6.45, 7) is 6.40. The Kier molecular flexibility index (Phi) is 3.32. The number of nitrogens with zero attached hydrogens (tertiary/aromatic N) is 2. The molecule has 78 valence electrons. The summed E-state index contributed by atoms with van der Waals surface area (Å²) in [5.74, 6) is 1.27. The lowest BCUT2D eigenvalue weighted by Crippen LogP contribution is -2.12. The van der Waals surface area contributed by atoms with Gasteiger partial charge in [0.1, 0.15) is 5.82 Å². The van der Waals surface area contributed by atoms with Crippen LogP contribution >= 0.6 is 11.6 Å². The van der Waals surface area contributed by atoms with Crippen LogP contribution in [0.25, 0.3) is 0 Å². The van der Waals surface area contributed by atoms with Crippen molar-refractivity contribution in [1.29, 1.82) is 0 Å². The van der Waals surface area contributed by atoms with E-state index in [9.17, 15) is 0 Å². The summed E-state index contributed by atoms with van der Waals surface area (Å²) in [7, 11) is 1.55. The second kappa shape index (κ2) is 4.13. The lowest BCUT2D eigenvalue weighted by Gasteiger charge is -2.16. The number of rotatable bonds is 2. The van der Waals surface area contributed by atoms with Gasteiger partial charge in [0.05, 0.1) is 13.3 Å². The highest BCUT2D eigenvalue weighted by Crippen LogP contribution is 2.23. The summed E-state index contributed by atoms with van der Waals surface area (Å²) in [6, 6.07) is 0. The first-order chi connectivity index (χ1) is 6.42. The number of hydrogen-bond donors (Lipinski definition) is 0. The fourth-order valence-corrected chi connectivity index (χ4v) is 1.30. The molecule has 0 aliphatic carbocycles. The summed E-state index contributed by atoms with van der Waals surface area (Å²) in [6.07, 6.45) is 2.41. The van der Waals surface area contributed by atoms with E-state index in [1.807, 2.05) is 0 Å². The van der Waals surface area contributed by atoms with E-state index in [1.165, 1.54) is 0 Å². The van der Waals surface area contributed by atoms with E-state index >= 15 is 0 Å². The van der Waals surface area contributed by atoms with Crippen molar-refractivity contribution in [3.05, 3.63) is 17.2 Å². The molecule has 0 unspecified atom stereocenters. The standard InChI is InChI=1S/C10H15ClN2O/c1-10(2,3)5-8-12-6-7(14-4)9(11)13-8/h6H,5H2,1-4H3. The molecular weight excluding hydrogens is 200 g/mol. The Balaban J connectivity index is 2.87. The SMILES string of the molecule is COc1cnc(CC(C)(C)C)nc1Cl.